The van der Waals surface area contributed by atoms with Crippen molar-refractivity contribution in [3.63, 3.8) is 0 Å². The summed E-state index contributed by atoms with van der Waals surface area (Å²) in [5, 5.41) is 9.46. The molecule has 0 aliphatic heterocycles. The van der Waals surface area contributed by atoms with Crippen molar-refractivity contribution >= 4 is 11.9 Å². The molecule has 0 amide bonds. The van der Waals surface area contributed by atoms with Gasteiger partial charge in [0.2, 0.25) is 0 Å². The van der Waals surface area contributed by atoms with Crippen LogP contribution in [0.2, 0.25) is 0 Å². The average molecular weight is 621 g/mol. The van der Waals surface area contributed by atoms with Crippen LogP contribution in [0, 0.1) is 0 Å². The molecule has 0 heterocycles. The van der Waals surface area contributed by atoms with Crippen molar-refractivity contribution in [2.75, 3.05) is 19.8 Å². The second-order valence-corrected chi connectivity index (χ2v) is 11.5. The summed E-state index contributed by atoms with van der Waals surface area (Å²) in [5.74, 6) is 0.646. The second kappa shape index (κ2) is 18.0. The maximum atomic E-state index is 11.5. The summed E-state index contributed by atoms with van der Waals surface area (Å²) in [6, 6.07) is 35.6. The number of aliphatic carboxylic acids is 1. The van der Waals surface area contributed by atoms with Crippen molar-refractivity contribution in [2.24, 2.45) is 0 Å². The minimum absolute atomic E-state index is 0.199. The zero-order chi connectivity index (χ0) is 33.4. The maximum Gasteiger partial charge on any atom is 0.331 e. The van der Waals surface area contributed by atoms with Crippen LogP contribution in [0.4, 0.5) is 0 Å². The van der Waals surface area contributed by atoms with Crippen molar-refractivity contribution in [2.45, 2.75) is 45.4 Å². The standard InChI is InChI=1S/2C20H22O3/c1-20(2,17-9-5-3-6-10-17)15-16(19(21)22)13-14-23-18-11-7-4-8-12-18;1-4-20(21)23-13-12-22-19-11-10-17(15(2)3)14-18(19)16-8-6-5-7-9-16/h3-12,15H,13-14H2,1-2H3,(H,21,22);4-11,14-15H,1,12-13H2,2-3H3. The van der Waals surface area contributed by atoms with Gasteiger partial charge in [-0.15, -0.1) is 0 Å². The zero-order valence-corrected chi connectivity index (χ0v) is 27.1. The third-order valence-corrected chi connectivity index (χ3v) is 7.22. The first-order chi connectivity index (χ1) is 22.1. The highest BCUT2D eigenvalue weighted by atomic mass is 16.6. The molecule has 0 atom stereocenters. The predicted octanol–water partition coefficient (Wildman–Crippen LogP) is 9.03. The number of carbonyl (C=O) groups excluding carboxylic acids is 1. The first-order valence-electron chi connectivity index (χ1n) is 15.4. The van der Waals surface area contributed by atoms with Gasteiger partial charge in [0, 0.05) is 29.0 Å². The Bertz CT molecular complexity index is 1560. The lowest BCUT2D eigenvalue weighted by Crippen LogP contribution is -2.17. The second-order valence-electron chi connectivity index (χ2n) is 11.5. The monoisotopic (exact) mass is 620 g/mol. The molecule has 0 spiro atoms. The van der Waals surface area contributed by atoms with Gasteiger partial charge < -0.3 is 19.3 Å². The third-order valence-electron chi connectivity index (χ3n) is 7.22. The molecule has 0 aromatic heterocycles. The van der Waals surface area contributed by atoms with Crippen LogP contribution >= 0.6 is 0 Å². The van der Waals surface area contributed by atoms with E-state index in [0.717, 1.165) is 34.3 Å². The predicted molar refractivity (Wildman–Crippen MR) is 184 cm³/mol. The lowest BCUT2D eigenvalue weighted by atomic mass is 9.82. The quantitative estimate of drug-likeness (QED) is 0.0861. The van der Waals surface area contributed by atoms with Gasteiger partial charge in [-0.1, -0.05) is 125 Å². The molecule has 0 bridgehead atoms. The summed E-state index contributed by atoms with van der Waals surface area (Å²) in [5.41, 5.74) is 4.52. The molecule has 0 saturated carbocycles. The summed E-state index contributed by atoms with van der Waals surface area (Å²) in [7, 11) is 0. The van der Waals surface area contributed by atoms with E-state index in [9.17, 15) is 14.7 Å². The van der Waals surface area contributed by atoms with Crippen LogP contribution in [-0.2, 0) is 19.7 Å². The van der Waals surface area contributed by atoms with Gasteiger partial charge in [0.05, 0.1) is 6.61 Å². The zero-order valence-electron chi connectivity index (χ0n) is 27.1. The van der Waals surface area contributed by atoms with Gasteiger partial charge in [0.25, 0.3) is 0 Å². The van der Waals surface area contributed by atoms with Gasteiger partial charge in [0.1, 0.15) is 24.7 Å². The molecule has 0 aliphatic carbocycles. The fraction of sp³-hybridized carbons (Fsp3) is 0.250. The smallest absolute Gasteiger partial charge is 0.331 e. The van der Waals surface area contributed by atoms with Crippen molar-refractivity contribution in [3.8, 4) is 22.6 Å². The molecule has 46 heavy (non-hydrogen) atoms. The molecule has 6 nitrogen and oxygen atoms in total. The maximum absolute atomic E-state index is 11.5. The highest BCUT2D eigenvalue weighted by Crippen LogP contribution is 2.33. The number of hydrogen-bond acceptors (Lipinski definition) is 5. The summed E-state index contributed by atoms with van der Waals surface area (Å²) in [4.78, 5) is 22.6. The molecule has 4 aromatic carbocycles. The van der Waals surface area contributed by atoms with Gasteiger partial charge in [-0.05, 0) is 46.9 Å². The fourth-order valence-corrected chi connectivity index (χ4v) is 4.65. The van der Waals surface area contributed by atoms with E-state index in [1.165, 1.54) is 5.56 Å². The van der Waals surface area contributed by atoms with Crippen LogP contribution in [0.15, 0.2) is 133 Å². The molecule has 1 N–H and O–H groups in total. The summed E-state index contributed by atoms with van der Waals surface area (Å²) < 4.78 is 16.4. The Hall–Kier alpha value is -5.10. The molecule has 0 radical (unpaired) electrons. The molecular formula is C40H44O6. The van der Waals surface area contributed by atoms with Crippen LogP contribution in [0.5, 0.6) is 11.5 Å². The topological polar surface area (TPSA) is 82.1 Å². The van der Waals surface area contributed by atoms with E-state index in [4.69, 9.17) is 14.2 Å². The van der Waals surface area contributed by atoms with Crippen molar-refractivity contribution in [1.82, 2.24) is 0 Å². The van der Waals surface area contributed by atoms with Gasteiger partial charge in [0.15, 0.2) is 0 Å². The highest BCUT2D eigenvalue weighted by Gasteiger charge is 2.21. The van der Waals surface area contributed by atoms with Gasteiger partial charge >= 0.3 is 11.9 Å². The normalized spacial score (nSPS) is 11.2. The lowest BCUT2D eigenvalue weighted by molar-refractivity contribution is -0.138. The van der Waals surface area contributed by atoms with Crippen molar-refractivity contribution in [1.29, 1.82) is 0 Å². The molecule has 6 heteroatoms. The first-order valence-corrected chi connectivity index (χ1v) is 15.4. The van der Waals surface area contributed by atoms with Gasteiger partial charge in [-0.2, -0.15) is 0 Å². The average Bonchev–Trinajstić information content (AvgIpc) is 3.07. The van der Waals surface area contributed by atoms with E-state index in [1.54, 1.807) is 0 Å². The van der Waals surface area contributed by atoms with E-state index >= 15 is 0 Å². The van der Waals surface area contributed by atoms with Crippen molar-refractivity contribution in [3.05, 3.63) is 145 Å². The molecule has 0 fully saturated rings. The molecule has 240 valence electrons. The largest absolute Gasteiger partial charge is 0.493 e. The SMILES string of the molecule is C=CC(=O)OCCOc1ccc(C(C)C)cc1-c1ccccc1.CC(C)(C=C(CCOc1ccccc1)C(=O)O)c1ccccc1. The number of carboxylic acid groups (broad SMARTS) is 1. The number of hydrogen-bond donors (Lipinski definition) is 1. The molecule has 4 rings (SSSR count). The molecule has 0 aliphatic rings. The Morgan fingerprint density at radius 2 is 1.41 bits per heavy atom. The molecular weight excluding hydrogens is 576 g/mol. The number of para-hydroxylation sites is 1. The first kappa shape index (κ1) is 35.4. The molecule has 4 aromatic rings. The fourth-order valence-electron chi connectivity index (χ4n) is 4.65. The number of ether oxygens (including phenoxy) is 3. The minimum Gasteiger partial charge on any atom is -0.493 e. The van der Waals surface area contributed by atoms with Crippen molar-refractivity contribution < 1.29 is 28.9 Å². The van der Waals surface area contributed by atoms with Gasteiger partial charge in [-0.25, -0.2) is 9.59 Å². The number of rotatable bonds is 14. The Balaban J connectivity index is 0.000000250. The number of benzene rings is 4. The highest BCUT2D eigenvalue weighted by molar-refractivity contribution is 5.87. The number of carboxylic acids is 1. The van der Waals surface area contributed by atoms with E-state index in [1.807, 2.05) is 105 Å². The van der Waals surface area contributed by atoms with Crippen LogP contribution in [-0.4, -0.2) is 36.9 Å². The number of allylic oxidation sites excluding steroid dienone is 1. The van der Waals surface area contributed by atoms with E-state index in [-0.39, 0.29) is 12.0 Å². The number of esters is 1. The van der Waals surface area contributed by atoms with Crippen LogP contribution < -0.4 is 9.47 Å². The lowest BCUT2D eigenvalue weighted by Gasteiger charge is -2.22. The Morgan fingerprint density at radius 1 is 0.804 bits per heavy atom. The Kier molecular flexibility index (Phi) is 13.9. The minimum atomic E-state index is -0.898. The van der Waals surface area contributed by atoms with E-state index < -0.39 is 11.9 Å². The van der Waals surface area contributed by atoms with E-state index in [2.05, 4.69) is 44.7 Å². The third kappa shape index (κ3) is 11.4. The number of carbonyl (C=O) groups is 2. The molecule has 0 unspecified atom stereocenters. The van der Waals surface area contributed by atoms with Crippen LogP contribution in [0.3, 0.4) is 0 Å². The van der Waals surface area contributed by atoms with E-state index in [0.29, 0.717) is 31.1 Å². The van der Waals surface area contributed by atoms with Crippen LogP contribution in [0.25, 0.3) is 11.1 Å². The molecule has 0 saturated heterocycles. The Labute approximate surface area is 273 Å². The summed E-state index contributed by atoms with van der Waals surface area (Å²) >= 11 is 0. The summed E-state index contributed by atoms with van der Waals surface area (Å²) in [6.45, 7) is 12.6. The summed E-state index contributed by atoms with van der Waals surface area (Å²) in [6.07, 6.45) is 3.33. The van der Waals surface area contributed by atoms with Gasteiger partial charge in [-0.3, -0.25) is 0 Å². The Morgan fingerprint density at radius 3 is 2.00 bits per heavy atom. The van der Waals surface area contributed by atoms with Crippen LogP contribution in [0.1, 0.15) is 51.2 Å².